The van der Waals surface area contributed by atoms with E-state index in [0.717, 1.165) is 0 Å². The Balaban J connectivity index is 2.16. The van der Waals surface area contributed by atoms with Crippen LogP contribution in [0.2, 0.25) is 5.15 Å². The summed E-state index contributed by atoms with van der Waals surface area (Å²) in [4.78, 5) is 7.77. The van der Waals surface area contributed by atoms with Gasteiger partial charge in [-0.3, -0.25) is 4.98 Å². The lowest BCUT2D eigenvalue weighted by Gasteiger charge is -2.32. The van der Waals surface area contributed by atoms with E-state index in [9.17, 15) is 8.78 Å². The summed E-state index contributed by atoms with van der Waals surface area (Å²) in [6.45, 7) is 7.69. The second kappa shape index (κ2) is 5.36. The van der Waals surface area contributed by atoms with Crippen molar-refractivity contribution in [1.82, 2.24) is 9.97 Å². The standard InChI is InChI=1S/C15H16BClF2N2O2/c1-14(2)15(3,4)23-16(22-14)10-7-21-12(13(18)19)9-6-20-11(17)5-8(9)10/h5-7,13H,1-4H3. The van der Waals surface area contributed by atoms with Crippen LogP contribution in [0.5, 0.6) is 0 Å². The SMILES string of the molecule is CC1(C)OB(c2cnc(C(F)F)c3cnc(Cl)cc23)OC1(C)C. The van der Waals surface area contributed by atoms with Crippen molar-refractivity contribution in [1.29, 1.82) is 0 Å². The molecule has 0 radical (unpaired) electrons. The molecular weight excluding hydrogens is 324 g/mol. The van der Waals surface area contributed by atoms with Crippen LogP contribution in [0.3, 0.4) is 0 Å². The minimum Gasteiger partial charge on any atom is -0.399 e. The number of fused-ring (bicyclic) bond motifs is 1. The molecule has 2 aromatic rings. The van der Waals surface area contributed by atoms with Crippen LogP contribution in [0.1, 0.15) is 39.8 Å². The maximum absolute atomic E-state index is 13.2. The highest BCUT2D eigenvalue weighted by Gasteiger charge is 2.52. The molecule has 0 spiro atoms. The van der Waals surface area contributed by atoms with Gasteiger partial charge in [0.1, 0.15) is 10.8 Å². The molecule has 0 unspecified atom stereocenters. The average molecular weight is 341 g/mol. The molecule has 8 heteroatoms. The molecule has 0 saturated carbocycles. The maximum Gasteiger partial charge on any atom is 0.497 e. The maximum atomic E-state index is 13.2. The van der Waals surface area contributed by atoms with Crippen LogP contribution in [0.4, 0.5) is 8.78 Å². The van der Waals surface area contributed by atoms with Crippen molar-refractivity contribution < 1.29 is 18.1 Å². The summed E-state index contributed by atoms with van der Waals surface area (Å²) >= 11 is 5.94. The molecule has 0 N–H and O–H groups in total. The zero-order chi connectivity index (χ0) is 17.0. The summed E-state index contributed by atoms with van der Waals surface area (Å²) in [7, 11) is -0.708. The average Bonchev–Trinajstić information content (AvgIpc) is 2.65. The minimum atomic E-state index is -2.70. The smallest absolute Gasteiger partial charge is 0.399 e. The normalized spacial score (nSPS) is 19.7. The van der Waals surface area contributed by atoms with Crippen LogP contribution in [-0.4, -0.2) is 28.3 Å². The van der Waals surface area contributed by atoms with Gasteiger partial charge in [0.05, 0.1) is 11.2 Å². The largest absolute Gasteiger partial charge is 0.497 e. The molecule has 2 aromatic heterocycles. The highest BCUT2D eigenvalue weighted by atomic mass is 35.5. The number of nitrogens with zero attached hydrogens (tertiary/aromatic N) is 2. The fourth-order valence-corrected chi connectivity index (χ4v) is 2.64. The first kappa shape index (κ1) is 16.5. The Kier molecular flexibility index (Phi) is 3.86. The van der Waals surface area contributed by atoms with Gasteiger partial charge in [-0.15, -0.1) is 0 Å². The Labute approximate surface area is 138 Å². The lowest BCUT2D eigenvalue weighted by Crippen LogP contribution is -2.41. The van der Waals surface area contributed by atoms with Gasteiger partial charge in [-0.2, -0.15) is 0 Å². The molecule has 0 aromatic carbocycles. The molecule has 1 aliphatic heterocycles. The molecule has 1 aliphatic rings. The van der Waals surface area contributed by atoms with Crippen molar-refractivity contribution in [2.24, 2.45) is 0 Å². The number of alkyl halides is 2. The van der Waals surface area contributed by atoms with Crippen molar-refractivity contribution in [3.8, 4) is 0 Å². The number of aromatic nitrogens is 2. The molecule has 4 nitrogen and oxygen atoms in total. The Bertz CT molecular complexity index is 754. The lowest BCUT2D eigenvalue weighted by atomic mass is 9.77. The highest BCUT2D eigenvalue weighted by Crippen LogP contribution is 2.37. The van der Waals surface area contributed by atoms with Gasteiger partial charge in [0.15, 0.2) is 0 Å². The van der Waals surface area contributed by atoms with Gasteiger partial charge in [-0.25, -0.2) is 13.8 Å². The molecule has 0 atom stereocenters. The highest BCUT2D eigenvalue weighted by molar-refractivity contribution is 6.65. The second-order valence-electron chi connectivity index (χ2n) is 6.54. The van der Waals surface area contributed by atoms with E-state index in [4.69, 9.17) is 20.9 Å². The monoisotopic (exact) mass is 340 g/mol. The Hall–Kier alpha value is -1.31. The number of halogens is 3. The Morgan fingerprint density at radius 2 is 1.65 bits per heavy atom. The molecular formula is C15H16BClF2N2O2. The van der Waals surface area contributed by atoms with Crippen LogP contribution < -0.4 is 5.46 Å². The first-order valence-electron chi connectivity index (χ1n) is 7.20. The van der Waals surface area contributed by atoms with Gasteiger partial charge < -0.3 is 9.31 Å². The molecule has 3 heterocycles. The van der Waals surface area contributed by atoms with Crippen molar-refractivity contribution in [3.05, 3.63) is 29.3 Å². The van der Waals surface area contributed by atoms with Crippen molar-refractivity contribution >= 4 is 35.0 Å². The summed E-state index contributed by atoms with van der Waals surface area (Å²) in [6.07, 6.45) is -0.0312. The third-order valence-electron chi connectivity index (χ3n) is 4.51. The molecule has 1 fully saturated rings. The lowest BCUT2D eigenvalue weighted by molar-refractivity contribution is 0.00578. The summed E-state index contributed by atoms with van der Waals surface area (Å²) in [5.74, 6) is 0. The summed E-state index contributed by atoms with van der Waals surface area (Å²) in [6, 6.07) is 1.53. The van der Waals surface area contributed by atoms with Gasteiger partial charge in [-0.05, 0) is 39.1 Å². The summed E-state index contributed by atoms with van der Waals surface area (Å²) in [5.41, 5.74) is -0.846. The van der Waals surface area contributed by atoms with Gasteiger partial charge in [0.25, 0.3) is 6.43 Å². The van der Waals surface area contributed by atoms with Gasteiger partial charge >= 0.3 is 7.12 Å². The molecule has 0 amide bonds. The van der Waals surface area contributed by atoms with Crippen LogP contribution >= 0.6 is 11.6 Å². The van der Waals surface area contributed by atoms with Crippen LogP contribution in [0.25, 0.3) is 10.8 Å². The van der Waals surface area contributed by atoms with E-state index in [1.54, 1.807) is 0 Å². The molecule has 3 rings (SSSR count). The first-order chi connectivity index (χ1) is 10.6. The summed E-state index contributed by atoms with van der Waals surface area (Å²) in [5, 5.41) is 0.965. The van der Waals surface area contributed by atoms with Crippen LogP contribution in [-0.2, 0) is 9.31 Å². The number of hydrogen-bond acceptors (Lipinski definition) is 4. The van der Waals surface area contributed by atoms with E-state index < -0.39 is 24.7 Å². The minimum absolute atomic E-state index is 0.210. The fraction of sp³-hybridized carbons (Fsp3) is 0.467. The Morgan fingerprint density at radius 1 is 1.04 bits per heavy atom. The third kappa shape index (κ3) is 2.71. The molecule has 1 saturated heterocycles. The van der Waals surface area contributed by atoms with Crippen molar-refractivity contribution in [2.75, 3.05) is 0 Å². The van der Waals surface area contributed by atoms with Crippen molar-refractivity contribution in [3.63, 3.8) is 0 Å². The predicted molar refractivity (Wildman–Crippen MR) is 85.2 cm³/mol. The number of rotatable bonds is 2. The van der Waals surface area contributed by atoms with Crippen LogP contribution in [0, 0.1) is 0 Å². The predicted octanol–water partition coefficient (Wildman–Crippen LogP) is 3.52. The first-order valence-corrected chi connectivity index (χ1v) is 7.58. The molecule has 122 valence electrons. The van der Waals surface area contributed by atoms with Gasteiger partial charge in [0.2, 0.25) is 0 Å². The van der Waals surface area contributed by atoms with E-state index in [0.29, 0.717) is 10.8 Å². The molecule has 0 aliphatic carbocycles. The third-order valence-corrected chi connectivity index (χ3v) is 4.72. The van der Waals surface area contributed by atoms with Gasteiger partial charge in [0, 0.05) is 23.2 Å². The van der Waals surface area contributed by atoms with E-state index in [-0.39, 0.29) is 16.2 Å². The van der Waals surface area contributed by atoms with Crippen LogP contribution in [0.15, 0.2) is 18.5 Å². The fourth-order valence-electron chi connectivity index (χ4n) is 2.48. The zero-order valence-electron chi connectivity index (χ0n) is 13.2. The van der Waals surface area contributed by atoms with E-state index >= 15 is 0 Å². The molecule has 0 bridgehead atoms. The van der Waals surface area contributed by atoms with E-state index in [1.165, 1.54) is 18.5 Å². The second-order valence-corrected chi connectivity index (χ2v) is 6.93. The van der Waals surface area contributed by atoms with E-state index in [2.05, 4.69) is 9.97 Å². The quantitative estimate of drug-likeness (QED) is 0.620. The van der Waals surface area contributed by atoms with E-state index in [1.807, 2.05) is 27.7 Å². The summed E-state index contributed by atoms with van der Waals surface area (Å²) < 4.78 is 38.3. The Morgan fingerprint density at radius 3 is 2.22 bits per heavy atom. The number of hydrogen-bond donors (Lipinski definition) is 0. The van der Waals surface area contributed by atoms with Gasteiger partial charge in [-0.1, -0.05) is 11.6 Å². The van der Waals surface area contributed by atoms with Crippen molar-refractivity contribution in [2.45, 2.75) is 45.3 Å². The molecule has 23 heavy (non-hydrogen) atoms. The topological polar surface area (TPSA) is 44.2 Å². The zero-order valence-corrected chi connectivity index (χ0v) is 14.0. The number of pyridine rings is 2.